The van der Waals surface area contributed by atoms with Crippen LogP contribution in [0.4, 0.5) is 0 Å². The average molecular weight is 158 g/mol. The number of benzene rings is 1. The molecule has 0 spiro atoms. The zero-order chi connectivity index (χ0) is 6.69. The number of hydrogen-bond acceptors (Lipinski definition) is 1. The molecule has 0 atom stereocenters. The first-order valence-corrected chi connectivity index (χ1v) is 2.72. The van der Waals surface area contributed by atoms with Gasteiger partial charge in [0.05, 0.1) is 0 Å². The summed E-state index contributed by atoms with van der Waals surface area (Å²) in [6.45, 7) is 3.56. The van der Waals surface area contributed by atoms with E-state index in [2.05, 4.69) is 6.58 Å². The molecule has 0 radical (unpaired) electrons. The van der Waals surface area contributed by atoms with Crippen LogP contribution in [0, 0.1) is 0 Å². The Bertz CT molecular complexity index is 203. The van der Waals surface area contributed by atoms with Crippen molar-refractivity contribution in [2.75, 3.05) is 0 Å². The predicted octanol–water partition coefficient (Wildman–Crippen LogP) is -1.59. The van der Waals surface area contributed by atoms with Gasteiger partial charge in [-0.3, -0.25) is 0 Å². The van der Waals surface area contributed by atoms with Crippen molar-refractivity contribution >= 4 is 6.08 Å². The molecule has 1 aromatic carbocycles. The molecule has 1 aromatic rings. The van der Waals surface area contributed by atoms with E-state index in [0.29, 0.717) is 0 Å². The van der Waals surface area contributed by atoms with E-state index in [1.807, 2.05) is 0 Å². The molecule has 1 rings (SSSR count). The molecule has 1 nitrogen and oxygen atoms in total. The van der Waals surface area contributed by atoms with Gasteiger partial charge in [-0.2, -0.15) is 0 Å². The van der Waals surface area contributed by atoms with Gasteiger partial charge >= 0.3 is 51.4 Å². The quantitative estimate of drug-likeness (QED) is 0.452. The van der Waals surface area contributed by atoms with Crippen LogP contribution in [-0.2, 0) is 0 Å². The fourth-order valence-corrected chi connectivity index (χ4v) is 0.604. The van der Waals surface area contributed by atoms with Crippen molar-refractivity contribution in [3.05, 3.63) is 36.4 Å². The van der Waals surface area contributed by atoms with Gasteiger partial charge in [-0.25, -0.2) is 0 Å². The standard InChI is InChI=1S/C8H8O.K/c1-2-7-3-5-8(9)6-4-7;/h2-6,9H,1H2;/q;+1/p-1. The smallest absolute Gasteiger partial charge is 0.872 e. The van der Waals surface area contributed by atoms with Gasteiger partial charge in [-0.15, -0.1) is 5.75 Å². The van der Waals surface area contributed by atoms with E-state index >= 15 is 0 Å². The van der Waals surface area contributed by atoms with Crippen LogP contribution in [0.5, 0.6) is 5.75 Å². The molecule has 0 amide bonds. The van der Waals surface area contributed by atoms with Gasteiger partial charge in [0, 0.05) is 0 Å². The maximum atomic E-state index is 10.5. The minimum atomic E-state index is 0. The van der Waals surface area contributed by atoms with Crippen molar-refractivity contribution in [3.8, 4) is 5.75 Å². The van der Waals surface area contributed by atoms with Crippen molar-refractivity contribution < 1.29 is 56.5 Å². The van der Waals surface area contributed by atoms with E-state index in [0.717, 1.165) is 5.56 Å². The summed E-state index contributed by atoms with van der Waals surface area (Å²) in [4.78, 5) is 0. The van der Waals surface area contributed by atoms with E-state index in [4.69, 9.17) is 0 Å². The van der Waals surface area contributed by atoms with Crippen LogP contribution >= 0.6 is 0 Å². The summed E-state index contributed by atoms with van der Waals surface area (Å²) in [6.07, 6.45) is 1.71. The maximum absolute atomic E-state index is 10.5. The summed E-state index contributed by atoms with van der Waals surface area (Å²) in [5, 5.41) is 10.5. The number of rotatable bonds is 1. The third-order valence-corrected chi connectivity index (χ3v) is 1.12. The zero-order valence-corrected chi connectivity index (χ0v) is 9.13. The van der Waals surface area contributed by atoms with Crippen molar-refractivity contribution in [1.82, 2.24) is 0 Å². The van der Waals surface area contributed by atoms with Crippen molar-refractivity contribution in [3.63, 3.8) is 0 Å². The molecule has 0 bridgehead atoms. The maximum Gasteiger partial charge on any atom is 1.00 e. The van der Waals surface area contributed by atoms with Crippen LogP contribution in [0.15, 0.2) is 30.8 Å². The van der Waals surface area contributed by atoms with Gasteiger partial charge in [0.1, 0.15) is 0 Å². The van der Waals surface area contributed by atoms with E-state index in [9.17, 15) is 5.11 Å². The second-order valence-corrected chi connectivity index (χ2v) is 1.77. The van der Waals surface area contributed by atoms with E-state index in [-0.39, 0.29) is 57.1 Å². The summed E-state index contributed by atoms with van der Waals surface area (Å²) < 4.78 is 0. The third-order valence-electron chi connectivity index (χ3n) is 1.12. The van der Waals surface area contributed by atoms with Gasteiger partial charge in [0.2, 0.25) is 0 Å². The van der Waals surface area contributed by atoms with E-state index < -0.39 is 0 Å². The molecule has 0 aliphatic carbocycles. The van der Waals surface area contributed by atoms with Crippen LogP contribution in [0.3, 0.4) is 0 Å². The van der Waals surface area contributed by atoms with Crippen molar-refractivity contribution in [1.29, 1.82) is 0 Å². The van der Waals surface area contributed by atoms with Crippen LogP contribution in [0.1, 0.15) is 5.56 Å². The summed E-state index contributed by atoms with van der Waals surface area (Å²) in [5.74, 6) is 0.0422. The van der Waals surface area contributed by atoms with Gasteiger partial charge in [0.15, 0.2) is 0 Å². The Morgan fingerprint density at radius 2 is 1.70 bits per heavy atom. The molecule has 0 N–H and O–H groups in total. The summed E-state index contributed by atoms with van der Waals surface area (Å²) >= 11 is 0. The summed E-state index contributed by atoms with van der Waals surface area (Å²) in [6, 6.07) is 6.54. The molecule has 0 fully saturated rings. The predicted molar refractivity (Wildman–Crippen MR) is 36.0 cm³/mol. The van der Waals surface area contributed by atoms with E-state index in [1.165, 1.54) is 12.1 Å². The molecule has 2 heteroatoms. The van der Waals surface area contributed by atoms with Crippen LogP contribution in [0.25, 0.3) is 6.08 Å². The molecule has 0 heterocycles. The molecule has 0 aliphatic rings. The molecule has 0 aliphatic heterocycles. The topological polar surface area (TPSA) is 23.1 Å². The summed E-state index contributed by atoms with van der Waals surface area (Å²) in [5.41, 5.74) is 0.981. The first-order valence-electron chi connectivity index (χ1n) is 2.72. The monoisotopic (exact) mass is 158 g/mol. The van der Waals surface area contributed by atoms with E-state index in [1.54, 1.807) is 18.2 Å². The Balaban J connectivity index is 0.000000810. The van der Waals surface area contributed by atoms with Crippen molar-refractivity contribution in [2.45, 2.75) is 0 Å². The Hall–Kier alpha value is 0.396. The molecule has 46 valence electrons. The second kappa shape index (κ2) is 5.10. The van der Waals surface area contributed by atoms with Gasteiger partial charge in [0.25, 0.3) is 0 Å². The Labute approximate surface area is 103 Å². The molecule has 0 saturated heterocycles. The third kappa shape index (κ3) is 2.99. The minimum Gasteiger partial charge on any atom is -0.872 e. The zero-order valence-electron chi connectivity index (χ0n) is 6.00. The fourth-order valence-electron chi connectivity index (χ4n) is 0.604. The van der Waals surface area contributed by atoms with Crippen LogP contribution in [-0.4, -0.2) is 0 Å². The van der Waals surface area contributed by atoms with Gasteiger partial charge in [-0.1, -0.05) is 36.9 Å². The SMILES string of the molecule is C=Cc1ccc([O-])cc1.[K+]. The largest absolute Gasteiger partial charge is 1.00 e. The number of hydrogen-bond donors (Lipinski definition) is 0. The fraction of sp³-hybridized carbons (Fsp3) is 0. The first-order chi connectivity index (χ1) is 4.33. The second-order valence-electron chi connectivity index (χ2n) is 1.77. The average Bonchev–Trinajstić information content (AvgIpc) is 1.90. The molecule has 10 heavy (non-hydrogen) atoms. The van der Waals surface area contributed by atoms with Gasteiger partial charge in [-0.05, 0) is 5.56 Å². The molecule has 0 aromatic heterocycles. The minimum absolute atomic E-state index is 0. The summed E-state index contributed by atoms with van der Waals surface area (Å²) in [7, 11) is 0. The van der Waals surface area contributed by atoms with Crippen molar-refractivity contribution in [2.24, 2.45) is 0 Å². The van der Waals surface area contributed by atoms with Crippen LogP contribution in [0.2, 0.25) is 0 Å². The molecule has 0 unspecified atom stereocenters. The Morgan fingerprint density at radius 3 is 2.10 bits per heavy atom. The first kappa shape index (κ1) is 10.4. The molecule has 0 saturated carbocycles. The van der Waals surface area contributed by atoms with Gasteiger partial charge < -0.3 is 5.11 Å². The molecular formula is C8H7KO. The normalized spacial score (nSPS) is 8.00. The molecular weight excluding hydrogens is 151 g/mol. The Kier molecular flexibility index (Phi) is 5.30. The van der Waals surface area contributed by atoms with Crippen LogP contribution < -0.4 is 56.5 Å². The Morgan fingerprint density at radius 1 is 1.20 bits per heavy atom.